The molecule has 1 aromatic rings. The minimum Gasteiger partial charge on any atom is -0.425 e. The summed E-state index contributed by atoms with van der Waals surface area (Å²) in [4.78, 5) is 25.5. The van der Waals surface area contributed by atoms with E-state index in [0.29, 0.717) is 16.6 Å². The third kappa shape index (κ3) is 4.28. The lowest BCUT2D eigenvalue weighted by atomic mass is 10.1. The van der Waals surface area contributed by atoms with E-state index < -0.39 is 17.1 Å². The van der Waals surface area contributed by atoms with Crippen LogP contribution in [0.3, 0.4) is 0 Å². The third-order valence-electron chi connectivity index (χ3n) is 2.63. The molecule has 0 bridgehead atoms. The molecule has 1 aliphatic heterocycles. The van der Waals surface area contributed by atoms with E-state index in [0.717, 1.165) is 0 Å². The molecule has 1 unspecified atom stereocenters. The number of nitrogens with one attached hydrogen (secondary N) is 1. The Labute approximate surface area is 133 Å². The molecule has 114 valence electrons. The molecule has 2 rings (SSSR count). The molecule has 2 amide bonds. The van der Waals surface area contributed by atoms with Crippen LogP contribution < -0.4 is 10.2 Å². The normalized spacial score (nSPS) is 18.8. The van der Waals surface area contributed by atoms with Gasteiger partial charge in [0.15, 0.2) is 0 Å². The number of anilines is 1. The smallest absolute Gasteiger partial charge is 0.409 e. The maximum atomic E-state index is 12.3. The second-order valence-electron chi connectivity index (χ2n) is 5.65. The van der Waals surface area contributed by atoms with Crippen LogP contribution in [0, 0.1) is 0 Å². The second-order valence-corrected chi connectivity index (χ2v) is 7.11. The van der Waals surface area contributed by atoms with Crippen LogP contribution in [-0.4, -0.2) is 28.9 Å². The van der Waals surface area contributed by atoms with Crippen molar-refractivity contribution in [2.24, 2.45) is 0 Å². The number of halogens is 1. The van der Waals surface area contributed by atoms with Gasteiger partial charge in [-0.1, -0.05) is 29.4 Å². The van der Waals surface area contributed by atoms with Gasteiger partial charge in [0.1, 0.15) is 0 Å². The number of hydrogen-bond donors (Lipinski definition) is 1. The molecule has 0 aliphatic carbocycles. The van der Waals surface area contributed by atoms with Crippen molar-refractivity contribution in [2.45, 2.75) is 31.7 Å². The second kappa shape index (κ2) is 6.15. The summed E-state index contributed by atoms with van der Waals surface area (Å²) in [5.41, 5.74) is -0.538. The molecule has 1 saturated heterocycles. The van der Waals surface area contributed by atoms with Crippen molar-refractivity contribution in [1.82, 2.24) is 5.32 Å². The van der Waals surface area contributed by atoms with Crippen LogP contribution in [0.25, 0.3) is 0 Å². The van der Waals surface area contributed by atoms with E-state index in [1.54, 1.807) is 29.2 Å². The van der Waals surface area contributed by atoms with Crippen molar-refractivity contribution in [2.75, 3.05) is 10.8 Å². The summed E-state index contributed by atoms with van der Waals surface area (Å²) in [5.74, 6) is 0.165. The van der Waals surface area contributed by atoms with Crippen LogP contribution in [0.15, 0.2) is 24.3 Å². The van der Waals surface area contributed by atoms with Crippen molar-refractivity contribution >= 4 is 41.1 Å². The zero-order chi connectivity index (χ0) is 15.6. The largest absolute Gasteiger partial charge is 0.425 e. The molecular weight excluding hydrogens is 312 g/mol. The molecule has 1 fully saturated rings. The first-order chi connectivity index (χ1) is 9.76. The number of carbonyl (C=O) groups excluding carboxylic acids is 2. The lowest BCUT2D eigenvalue weighted by molar-refractivity contribution is -0.122. The number of amides is 2. The number of thioether (sulfide) groups is 1. The fourth-order valence-corrected chi connectivity index (χ4v) is 2.94. The third-order valence-corrected chi connectivity index (χ3v) is 3.88. The Morgan fingerprint density at radius 3 is 2.81 bits per heavy atom. The first kappa shape index (κ1) is 16.0. The van der Waals surface area contributed by atoms with Crippen LogP contribution in [0.2, 0.25) is 5.02 Å². The Morgan fingerprint density at radius 1 is 1.48 bits per heavy atom. The molecule has 0 radical (unpaired) electrons. The molecule has 1 aliphatic rings. The molecule has 0 spiro atoms. The van der Waals surface area contributed by atoms with E-state index >= 15 is 0 Å². The molecular formula is C14H17ClN2O3S. The molecule has 0 saturated carbocycles. The van der Waals surface area contributed by atoms with Crippen LogP contribution in [-0.2, 0) is 9.53 Å². The van der Waals surface area contributed by atoms with Gasteiger partial charge in [-0.2, -0.15) is 0 Å². The highest BCUT2D eigenvalue weighted by Crippen LogP contribution is 2.31. The van der Waals surface area contributed by atoms with Gasteiger partial charge in [-0.15, -0.1) is 0 Å². The molecule has 7 heteroatoms. The fraction of sp³-hybridized carbons (Fsp3) is 0.429. The van der Waals surface area contributed by atoms with Gasteiger partial charge in [0.05, 0.1) is 5.88 Å². The highest BCUT2D eigenvalue weighted by Gasteiger charge is 2.36. The monoisotopic (exact) mass is 328 g/mol. The number of ether oxygens (including phenoxy) is 1. The maximum absolute atomic E-state index is 12.3. The number of nitrogens with zero attached hydrogens (tertiary/aromatic N) is 1. The van der Waals surface area contributed by atoms with Gasteiger partial charge in [-0.05, 0) is 39.0 Å². The van der Waals surface area contributed by atoms with Gasteiger partial charge in [-0.3, -0.25) is 9.69 Å². The average Bonchev–Trinajstić information content (AvgIpc) is 2.68. The zero-order valence-corrected chi connectivity index (χ0v) is 13.6. The van der Waals surface area contributed by atoms with Crippen LogP contribution in [0.5, 0.6) is 0 Å². The van der Waals surface area contributed by atoms with Crippen molar-refractivity contribution in [3.63, 3.8) is 0 Å². The first-order valence-electron chi connectivity index (χ1n) is 6.43. The SMILES string of the molecule is CC(C)(C)NC(=O)OC1SCN(c2cccc(Cl)c2)C1=O. The Bertz CT molecular complexity index is 559. The van der Waals surface area contributed by atoms with Crippen molar-refractivity contribution in [3.05, 3.63) is 29.3 Å². The average molecular weight is 329 g/mol. The first-order valence-corrected chi connectivity index (χ1v) is 7.86. The summed E-state index contributed by atoms with van der Waals surface area (Å²) >= 11 is 7.19. The van der Waals surface area contributed by atoms with E-state index in [2.05, 4.69) is 5.32 Å². The quantitative estimate of drug-likeness (QED) is 0.905. The standard InChI is InChI=1S/C14H17ClN2O3S/c1-14(2,3)16-13(19)20-12-11(18)17(8-21-12)10-6-4-5-9(15)7-10/h4-7,12H,8H2,1-3H3,(H,16,19). The summed E-state index contributed by atoms with van der Waals surface area (Å²) in [6.07, 6.45) is -0.596. The lowest BCUT2D eigenvalue weighted by Gasteiger charge is -2.21. The molecule has 21 heavy (non-hydrogen) atoms. The summed E-state index contributed by atoms with van der Waals surface area (Å²) in [7, 11) is 0. The predicted molar refractivity (Wildman–Crippen MR) is 84.6 cm³/mol. The van der Waals surface area contributed by atoms with Crippen molar-refractivity contribution < 1.29 is 14.3 Å². The minimum absolute atomic E-state index is 0.258. The van der Waals surface area contributed by atoms with Crippen LogP contribution >= 0.6 is 23.4 Å². The van der Waals surface area contributed by atoms with E-state index in [1.807, 2.05) is 20.8 Å². The van der Waals surface area contributed by atoms with E-state index in [-0.39, 0.29) is 5.91 Å². The predicted octanol–water partition coefficient (Wildman–Crippen LogP) is 3.23. The Hall–Kier alpha value is -1.40. The Balaban J connectivity index is 2.00. The number of alkyl carbamates (subject to hydrolysis) is 1. The van der Waals surface area contributed by atoms with Gasteiger partial charge in [0.25, 0.3) is 5.91 Å². The summed E-state index contributed by atoms with van der Waals surface area (Å²) in [6, 6.07) is 7.01. The van der Waals surface area contributed by atoms with Gasteiger partial charge in [-0.25, -0.2) is 4.79 Å². The van der Waals surface area contributed by atoms with Crippen molar-refractivity contribution in [3.8, 4) is 0 Å². The van der Waals surface area contributed by atoms with Crippen molar-refractivity contribution in [1.29, 1.82) is 0 Å². The summed E-state index contributed by atoms with van der Waals surface area (Å²) in [6.45, 7) is 5.53. The molecule has 1 aromatic carbocycles. The Kier molecular flexibility index (Phi) is 4.68. The van der Waals surface area contributed by atoms with Crippen LogP contribution in [0.1, 0.15) is 20.8 Å². The molecule has 1 heterocycles. The van der Waals surface area contributed by atoms with Gasteiger partial charge in [0, 0.05) is 16.2 Å². The van der Waals surface area contributed by atoms with Crippen LogP contribution in [0.4, 0.5) is 10.5 Å². The number of hydrogen-bond acceptors (Lipinski definition) is 4. The highest BCUT2D eigenvalue weighted by molar-refractivity contribution is 8.01. The fourth-order valence-electron chi connectivity index (χ4n) is 1.77. The number of carbonyl (C=O) groups is 2. The lowest BCUT2D eigenvalue weighted by Crippen LogP contribution is -2.43. The summed E-state index contributed by atoms with van der Waals surface area (Å²) in [5, 5.41) is 3.22. The molecule has 0 aromatic heterocycles. The maximum Gasteiger partial charge on any atom is 0.409 e. The van der Waals surface area contributed by atoms with E-state index in [1.165, 1.54) is 11.8 Å². The topological polar surface area (TPSA) is 58.6 Å². The van der Waals surface area contributed by atoms with E-state index in [4.69, 9.17) is 16.3 Å². The molecule has 1 atom stereocenters. The van der Waals surface area contributed by atoms with Gasteiger partial charge in [0.2, 0.25) is 5.44 Å². The minimum atomic E-state index is -0.827. The number of rotatable bonds is 2. The highest BCUT2D eigenvalue weighted by atomic mass is 35.5. The summed E-state index contributed by atoms with van der Waals surface area (Å²) < 4.78 is 5.17. The zero-order valence-electron chi connectivity index (χ0n) is 12.1. The Morgan fingerprint density at radius 2 is 2.19 bits per heavy atom. The van der Waals surface area contributed by atoms with Gasteiger partial charge >= 0.3 is 6.09 Å². The van der Waals surface area contributed by atoms with Gasteiger partial charge < -0.3 is 10.1 Å². The molecule has 1 N–H and O–H groups in total. The van der Waals surface area contributed by atoms with E-state index in [9.17, 15) is 9.59 Å². The molecule has 5 nitrogen and oxygen atoms in total. The number of benzene rings is 1.